The molecule has 1 fully saturated rings. The fourth-order valence-electron chi connectivity index (χ4n) is 2.96. The van der Waals surface area contributed by atoms with Crippen molar-refractivity contribution >= 4 is 33.8 Å². The average molecular weight is 485 g/mol. The molecule has 1 aromatic carbocycles. The Balaban J connectivity index is 0.000000577. The van der Waals surface area contributed by atoms with Crippen LogP contribution in [0.25, 0.3) is 0 Å². The van der Waals surface area contributed by atoms with Gasteiger partial charge >= 0.3 is 6.18 Å². The molecule has 0 bridgehead atoms. The first-order valence-corrected chi connectivity index (χ1v) is 12.8. The van der Waals surface area contributed by atoms with E-state index in [4.69, 9.17) is 0 Å². The highest BCUT2D eigenvalue weighted by molar-refractivity contribution is 8.30. The highest BCUT2D eigenvalue weighted by atomic mass is 32.2. The maximum absolute atomic E-state index is 13.5. The summed E-state index contributed by atoms with van der Waals surface area (Å²) in [5.74, 6) is 0.670. The van der Waals surface area contributed by atoms with Gasteiger partial charge in [-0.1, -0.05) is 32.6 Å². The predicted molar refractivity (Wildman–Crippen MR) is 127 cm³/mol. The number of thioether (sulfide) groups is 1. The van der Waals surface area contributed by atoms with Crippen LogP contribution in [0.3, 0.4) is 0 Å². The quantitative estimate of drug-likeness (QED) is 0.307. The standard InChI is InChI=1S/C16H20F5NS2.C6H13N/c1-10(2)24(5)14(23-4)9-22-13-7-11(15(3,17)18)6-12(8-13)16(19,20)21;1-7-6-4-2-3-5-6/h6-10,22H,5H2,1-4H3;6-7H,2-5H2,1H3/b14-9+;. The third kappa shape index (κ3) is 9.53. The third-order valence-corrected chi connectivity index (χ3v) is 8.35. The van der Waals surface area contributed by atoms with Crippen LogP contribution in [0.15, 0.2) is 28.6 Å². The molecule has 0 saturated heterocycles. The van der Waals surface area contributed by atoms with E-state index in [0.717, 1.165) is 22.4 Å². The maximum atomic E-state index is 13.5. The van der Waals surface area contributed by atoms with Crippen molar-refractivity contribution in [1.29, 1.82) is 0 Å². The summed E-state index contributed by atoms with van der Waals surface area (Å²) in [4.78, 5) is 0. The molecule has 1 unspecified atom stereocenters. The van der Waals surface area contributed by atoms with Crippen molar-refractivity contribution in [2.75, 3.05) is 18.6 Å². The van der Waals surface area contributed by atoms with Gasteiger partial charge in [-0.05, 0) is 49.6 Å². The Labute approximate surface area is 189 Å². The highest BCUT2D eigenvalue weighted by Crippen LogP contribution is 2.38. The van der Waals surface area contributed by atoms with Crippen LogP contribution < -0.4 is 10.6 Å². The molecule has 1 aliphatic rings. The van der Waals surface area contributed by atoms with Crippen molar-refractivity contribution in [3.8, 4) is 0 Å². The van der Waals surface area contributed by atoms with Crippen LogP contribution in [-0.4, -0.2) is 30.5 Å². The summed E-state index contributed by atoms with van der Waals surface area (Å²) in [5, 5.41) is 6.24. The molecule has 0 amide bonds. The Morgan fingerprint density at radius 2 is 1.68 bits per heavy atom. The van der Waals surface area contributed by atoms with Crippen molar-refractivity contribution in [3.63, 3.8) is 0 Å². The smallest absolute Gasteiger partial charge is 0.360 e. The van der Waals surface area contributed by atoms with Gasteiger partial charge in [0, 0.05) is 30.4 Å². The van der Waals surface area contributed by atoms with E-state index >= 15 is 0 Å². The Hall–Kier alpha value is -1.06. The van der Waals surface area contributed by atoms with Crippen LogP contribution in [0, 0.1) is 0 Å². The van der Waals surface area contributed by atoms with E-state index in [1.54, 1.807) is 0 Å². The van der Waals surface area contributed by atoms with Crippen LogP contribution in [0.5, 0.6) is 0 Å². The van der Waals surface area contributed by atoms with Crippen LogP contribution in [-0.2, 0) is 12.1 Å². The van der Waals surface area contributed by atoms with Gasteiger partial charge in [0.05, 0.1) is 9.80 Å². The summed E-state index contributed by atoms with van der Waals surface area (Å²) < 4.78 is 66.6. The van der Waals surface area contributed by atoms with Crippen LogP contribution >= 0.6 is 22.2 Å². The monoisotopic (exact) mass is 484 g/mol. The Morgan fingerprint density at radius 3 is 2.06 bits per heavy atom. The molecule has 0 spiro atoms. The highest BCUT2D eigenvalue weighted by Gasteiger charge is 2.34. The minimum Gasteiger partial charge on any atom is -0.360 e. The Kier molecular flexibility index (Phi) is 11.1. The molecule has 31 heavy (non-hydrogen) atoms. The fraction of sp³-hybridized carbons (Fsp3) is 0.591. The molecule has 0 heterocycles. The van der Waals surface area contributed by atoms with Gasteiger partial charge in [-0.3, -0.25) is 0 Å². The molecule has 2 rings (SSSR count). The van der Waals surface area contributed by atoms with Gasteiger partial charge in [0.1, 0.15) is 0 Å². The van der Waals surface area contributed by atoms with Crippen LogP contribution in [0.1, 0.15) is 57.6 Å². The number of benzene rings is 1. The van der Waals surface area contributed by atoms with Gasteiger partial charge in [-0.25, -0.2) is 8.78 Å². The molecule has 0 aliphatic heterocycles. The number of nitrogens with one attached hydrogen (secondary N) is 2. The number of hydrogen-bond donors (Lipinski definition) is 2. The lowest BCUT2D eigenvalue weighted by Gasteiger charge is -2.17. The van der Waals surface area contributed by atoms with Crippen molar-refractivity contribution in [2.24, 2.45) is 0 Å². The molecule has 178 valence electrons. The lowest BCUT2D eigenvalue weighted by Crippen LogP contribution is -2.20. The van der Waals surface area contributed by atoms with E-state index in [1.165, 1.54) is 43.6 Å². The third-order valence-electron chi connectivity index (χ3n) is 4.92. The molecular weight excluding hydrogens is 451 g/mol. The molecular formula is C22H33F5N2S2. The van der Waals surface area contributed by atoms with E-state index in [9.17, 15) is 22.0 Å². The zero-order chi connectivity index (χ0) is 23.8. The zero-order valence-corrected chi connectivity index (χ0v) is 20.3. The average Bonchev–Trinajstić information content (AvgIpc) is 3.21. The molecule has 0 aromatic heterocycles. The molecule has 2 nitrogen and oxygen atoms in total. The first kappa shape index (κ1) is 28.0. The lowest BCUT2D eigenvalue weighted by molar-refractivity contribution is -0.137. The maximum Gasteiger partial charge on any atom is 0.416 e. The summed E-state index contributed by atoms with van der Waals surface area (Å²) in [6.45, 7) is 4.54. The number of rotatable bonds is 7. The lowest BCUT2D eigenvalue weighted by atomic mass is 10.0. The SMILES string of the molecule is C=S(/C(=C/Nc1cc(C(C)(F)F)cc(C(F)(F)F)c1)SC)C(C)C.CNC1CCCC1. The van der Waals surface area contributed by atoms with E-state index in [1.807, 2.05) is 20.1 Å². The predicted octanol–water partition coefficient (Wildman–Crippen LogP) is 7.65. The molecule has 9 heteroatoms. The second-order valence-electron chi connectivity index (χ2n) is 7.74. The van der Waals surface area contributed by atoms with E-state index in [-0.39, 0.29) is 21.4 Å². The first-order valence-electron chi connectivity index (χ1n) is 10.1. The second kappa shape index (κ2) is 12.3. The van der Waals surface area contributed by atoms with Gasteiger partial charge in [-0.15, -0.1) is 11.8 Å². The van der Waals surface area contributed by atoms with Crippen LogP contribution in [0.2, 0.25) is 0 Å². The molecule has 1 aromatic rings. The molecule has 2 N–H and O–H groups in total. The van der Waals surface area contributed by atoms with Crippen molar-refractivity contribution in [1.82, 2.24) is 5.32 Å². The van der Waals surface area contributed by atoms with Gasteiger partial charge in [0.2, 0.25) is 0 Å². The van der Waals surface area contributed by atoms with E-state index < -0.39 is 23.2 Å². The summed E-state index contributed by atoms with van der Waals surface area (Å²) in [7, 11) is 1.71. The van der Waals surface area contributed by atoms with Gasteiger partial charge in [0.15, 0.2) is 0 Å². The first-order chi connectivity index (χ1) is 14.3. The molecule has 1 saturated carbocycles. The van der Waals surface area contributed by atoms with Crippen LogP contribution in [0.4, 0.5) is 27.6 Å². The number of hydrogen-bond acceptors (Lipinski definition) is 3. The minimum absolute atomic E-state index is 0.0337. The minimum atomic E-state index is -4.70. The summed E-state index contributed by atoms with van der Waals surface area (Å²) in [6, 6.07) is 3.17. The molecule has 0 radical (unpaired) electrons. The van der Waals surface area contributed by atoms with Crippen molar-refractivity contribution in [2.45, 2.75) is 69.8 Å². The number of alkyl halides is 5. The summed E-state index contributed by atoms with van der Waals surface area (Å²) in [6.07, 6.45) is 4.34. The van der Waals surface area contributed by atoms with Crippen molar-refractivity contribution in [3.05, 3.63) is 39.8 Å². The van der Waals surface area contributed by atoms with Gasteiger partial charge in [0.25, 0.3) is 5.92 Å². The largest absolute Gasteiger partial charge is 0.416 e. The Bertz CT molecular complexity index is 717. The van der Waals surface area contributed by atoms with Crippen molar-refractivity contribution < 1.29 is 22.0 Å². The van der Waals surface area contributed by atoms with Gasteiger partial charge in [-0.2, -0.15) is 23.7 Å². The van der Waals surface area contributed by atoms with E-state index in [0.29, 0.717) is 13.0 Å². The topological polar surface area (TPSA) is 24.1 Å². The normalized spacial score (nSPS) is 16.8. The molecule has 1 atom stereocenters. The Morgan fingerprint density at radius 1 is 1.13 bits per heavy atom. The van der Waals surface area contributed by atoms with Gasteiger partial charge < -0.3 is 10.6 Å². The number of anilines is 1. The number of halogens is 5. The second-order valence-corrected chi connectivity index (χ2v) is 11.1. The van der Waals surface area contributed by atoms with E-state index in [2.05, 4.69) is 23.6 Å². The summed E-state index contributed by atoms with van der Waals surface area (Å²) in [5.41, 5.74) is -1.83. The zero-order valence-electron chi connectivity index (χ0n) is 18.7. The fourth-order valence-corrected chi connectivity index (χ4v) is 5.24. The summed E-state index contributed by atoms with van der Waals surface area (Å²) >= 11 is 1.42. The molecule has 1 aliphatic carbocycles.